The average Bonchev–Trinajstić information content (AvgIpc) is 2.97. The Labute approximate surface area is 190 Å². The Hall–Kier alpha value is -1.49. The molecule has 2 heterocycles. The van der Waals surface area contributed by atoms with Crippen LogP contribution in [0.3, 0.4) is 0 Å². The van der Waals surface area contributed by atoms with Gasteiger partial charge in [-0.1, -0.05) is 33.6 Å². The van der Waals surface area contributed by atoms with Crippen molar-refractivity contribution in [3.63, 3.8) is 0 Å². The van der Waals surface area contributed by atoms with Crippen molar-refractivity contribution in [3.8, 4) is 0 Å². The van der Waals surface area contributed by atoms with Gasteiger partial charge in [0, 0.05) is 25.7 Å². The molecular formula is C21H27BrO8S. The van der Waals surface area contributed by atoms with E-state index in [2.05, 4.69) is 15.9 Å². The quantitative estimate of drug-likeness (QED) is 0.417. The molecule has 0 radical (unpaired) electrons. The van der Waals surface area contributed by atoms with Gasteiger partial charge in [0.2, 0.25) is 0 Å². The van der Waals surface area contributed by atoms with Gasteiger partial charge in [-0.25, -0.2) is 8.42 Å². The number of aryl methyl sites for hydroxylation is 1. The lowest BCUT2D eigenvalue weighted by Gasteiger charge is -2.41. The van der Waals surface area contributed by atoms with Crippen molar-refractivity contribution in [3.05, 3.63) is 29.8 Å². The van der Waals surface area contributed by atoms with E-state index in [1.54, 1.807) is 31.2 Å². The summed E-state index contributed by atoms with van der Waals surface area (Å²) in [4.78, 5) is 22.7. The van der Waals surface area contributed by atoms with Crippen molar-refractivity contribution in [1.82, 2.24) is 0 Å². The molecule has 0 N–H and O–H groups in total. The average molecular weight is 519 g/mol. The molecule has 8 nitrogen and oxygen atoms in total. The Morgan fingerprint density at radius 1 is 1.10 bits per heavy atom. The molecule has 0 unspecified atom stereocenters. The molecule has 172 valence electrons. The fraction of sp³-hybridized carbons (Fsp3) is 0.619. The van der Waals surface area contributed by atoms with Crippen molar-refractivity contribution in [1.29, 1.82) is 0 Å². The summed E-state index contributed by atoms with van der Waals surface area (Å²) in [5, 5.41) is 0. The Morgan fingerprint density at radius 2 is 1.74 bits per heavy atom. The van der Waals surface area contributed by atoms with E-state index in [1.807, 2.05) is 6.92 Å². The fourth-order valence-electron chi connectivity index (χ4n) is 4.11. The number of halogens is 1. The first-order valence-corrected chi connectivity index (χ1v) is 12.6. The van der Waals surface area contributed by atoms with Gasteiger partial charge in [-0.05, 0) is 26.0 Å². The van der Waals surface area contributed by atoms with E-state index in [-0.39, 0.29) is 23.2 Å². The van der Waals surface area contributed by atoms with Crippen molar-refractivity contribution < 1.29 is 37.0 Å². The SMILES string of the molecule is CC(=O)OC[C@H]1O[C@@H]2O[C@H](C)[C@@H](CS(=O)(=O)c3ccc(C)cc3)[C@@H]2[C@@H](Br)[C@@H]1OC(C)=O. The van der Waals surface area contributed by atoms with Gasteiger partial charge < -0.3 is 18.9 Å². The molecule has 2 aliphatic rings. The number of hydrogen-bond donors (Lipinski definition) is 0. The van der Waals surface area contributed by atoms with E-state index in [9.17, 15) is 18.0 Å². The van der Waals surface area contributed by atoms with Crippen LogP contribution in [0.2, 0.25) is 0 Å². The number of ether oxygens (including phenoxy) is 4. The van der Waals surface area contributed by atoms with Gasteiger partial charge in [0.25, 0.3) is 0 Å². The molecule has 2 saturated heterocycles. The molecule has 0 amide bonds. The zero-order valence-corrected chi connectivity index (χ0v) is 20.2. The molecule has 2 fully saturated rings. The molecule has 0 spiro atoms. The van der Waals surface area contributed by atoms with Crippen LogP contribution in [0.1, 0.15) is 26.3 Å². The smallest absolute Gasteiger partial charge is 0.303 e. The molecule has 0 saturated carbocycles. The van der Waals surface area contributed by atoms with Gasteiger partial charge >= 0.3 is 11.9 Å². The summed E-state index contributed by atoms with van der Waals surface area (Å²) in [7, 11) is -3.58. The number of hydrogen-bond acceptors (Lipinski definition) is 8. The summed E-state index contributed by atoms with van der Waals surface area (Å²) in [5.41, 5.74) is 0.973. The third-order valence-corrected chi connectivity index (χ3v) is 8.61. The second-order valence-electron chi connectivity index (χ2n) is 8.04. The van der Waals surface area contributed by atoms with Crippen LogP contribution in [-0.2, 0) is 38.4 Å². The van der Waals surface area contributed by atoms with E-state index >= 15 is 0 Å². The summed E-state index contributed by atoms with van der Waals surface area (Å²) in [6.45, 7) is 6.14. The Balaban J connectivity index is 1.84. The van der Waals surface area contributed by atoms with Gasteiger partial charge in [0.1, 0.15) is 18.8 Å². The van der Waals surface area contributed by atoms with Crippen LogP contribution in [0.4, 0.5) is 0 Å². The van der Waals surface area contributed by atoms with Crippen molar-refractivity contribution in [2.75, 3.05) is 12.4 Å². The molecule has 1 aromatic carbocycles. The Morgan fingerprint density at radius 3 is 2.32 bits per heavy atom. The molecule has 0 bridgehead atoms. The van der Waals surface area contributed by atoms with Gasteiger partial charge in [0.05, 0.1) is 21.6 Å². The van der Waals surface area contributed by atoms with Gasteiger partial charge in [-0.2, -0.15) is 0 Å². The molecule has 0 aromatic heterocycles. The van der Waals surface area contributed by atoms with Crippen LogP contribution in [0.5, 0.6) is 0 Å². The molecular weight excluding hydrogens is 492 g/mol. The maximum Gasteiger partial charge on any atom is 0.303 e. The van der Waals surface area contributed by atoms with E-state index in [0.717, 1.165) is 5.56 Å². The summed E-state index contributed by atoms with van der Waals surface area (Å²) >= 11 is 3.61. The Kier molecular flexibility index (Phi) is 7.45. The first kappa shape index (κ1) is 24.2. The van der Waals surface area contributed by atoms with Crippen LogP contribution in [0, 0.1) is 18.8 Å². The lowest BCUT2D eigenvalue weighted by Crippen LogP contribution is -2.55. The monoisotopic (exact) mass is 518 g/mol. The van der Waals surface area contributed by atoms with Crippen LogP contribution >= 0.6 is 15.9 Å². The Bertz CT molecular complexity index is 916. The minimum Gasteiger partial charge on any atom is -0.463 e. The summed E-state index contributed by atoms with van der Waals surface area (Å²) in [5.74, 6) is -1.91. The van der Waals surface area contributed by atoms with Crippen molar-refractivity contribution in [2.24, 2.45) is 11.8 Å². The maximum absolute atomic E-state index is 13.1. The minimum absolute atomic E-state index is 0.108. The number of sulfone groups is 1. The van der Waals surface area contributed by atoms with E-state index in [0.29, 0.717) is 0 Å². The number of fused-ring (bicyclic) bond motifs is 1. The lowest BCUT2D eigenvalue weighted by atomic mass is 9.84. The molecule has 10 heteroatoms. The zero-order valence-electron chi connectivity index (χ0n) is 17.8. The van der Waals surface area contributed by atoms with E-state index in [4.69, 9.17) is 18.9 Å². The summed E-state index contributed by atoms with van der Waals surface area (Å²) in [6.07, 6.45) is -2.62. The van der Waals surface area contributed by atoms with Gasteiger partial charge in [0.15, 0.2) is 16.1 Å². The number of rotatable bonds is 6. The second-order valence-corrected chi connectivity index (χ2v) is 11.1. The number of alkyl halides is 1. The second kappa shape index (κ2) is 9.56. The van der Waals surface area contributed by atoms with Crippen LogP contribution in [0.25, 0.3) is 0 Å². The highest BCUT2D eigenvalue weighted by Crippen LogP contribution is 2.45. The predicted octanol–water partition coefficient (Wildman–Crippen LogP) is 2.40. The maximum atomic E-state index is 13.1. The first-order valence-electron chi connectivity index (χ1n) is 10.0. The minimum atomic E-state index is -3.58. The normalized spacial score (nSPS) is 32.9. The molecule has 7 atom stereocenters. The third kappa shape index (κ3) is 5.47. The fourth-order valence-corrected chi connectivity index (χ4v) is 6.94. The number of benzene rings is 1. The van der Waals surface area contributed by atoms with E-state index < -0.39 is 57.1 Å². The lowest BCUT2D eigenvalue weighted by molar-refractivity contribution is -0.238. The van der Waals surface area contributed by atoms with Crippen molar-refractivity contribution >= 4 is 37.7 Å². The van der Waals surface area contributed by atoms with Gasteiger partial charge in [-0.15, -0.1) is 0 Å². The zero-order chi connectivity index (χ0) is 22.9. The van der Waals surface area contributed by atoms with Crippen molar-refractivity contribution in [2.45, 2.75) is 62.0 Å². The predicted molar refractivity (Wildman–Crippen MR) is 114 cm³/mol. The van der Waals surface area contributed by atoms with Crippen LogP contribution in [0.15, 0.2) is 29.2 Å². The number of carbonyl (C=O) groups excluding carboxylic acids is 2. The summed E-state index contributed by atoms with van der Waals surface area (Å²) < 4.78 is 48.6. The standard InChI is InChI=1S/C21H27BrO8S/c1-11-5-7-15(8-6-11)31(25,26)10-16-12(2)28-21-18(16)19(22)20(29-14(4)24)17(30-21)9-27-13(3)23/h5-8,12,16-21H,9-10H2,1-4H3/t12-,16-,17-,18-,19-,20-,21+/m1/s1. The topological polar surface area (TPSA) is 105 Å². The summed E-state index contributed by atoms with van der Waals surface area (Å²) in [6, 6.07) is 6.72. The highest BCUT2D eigenvalue weighted by atomic mass is 79.9. The number of carbonyl (C=O) groups is 2. The molecule has 31 heavy (non-hydrogen) atoms. The molecule has 3 rings (SSSR count). The highest BCUT2D eigenvalue weighted by molar-refractivity contribution is 9.09. The van der Waals surface area contributed by atoms with E-state index in [1.165, 1.54) is 13.8 Å². The van der Waals surface area contributed by atoms with Crippen LogP contribution in [-0.4, -0.2) is 62.1 Å². The number of esters is 2. The largest absolute Gasteiger partial charge is 0.463 e. The molecule has 1 aromatic rings. The highest BCUT2D eigenvalue weighted by Gasteiger charge is 2.56. The molecule has 0 aliphatic carbocycles. The first-order chi connectivity index (χ1) is 14.5. The third-order valence-electron chi connectivity index (χ3n) is 5.66. The van der Waals surface area contributed by atoms with Crippen LogP contribution < -0.4 is 0 Å². The van der Waals surface area contributed by atoms with Gasteiger partial charge in [-0.3, -0.25) is 9.59 Å². The molecule has 2 aliphatic heterocycles.